The van der Waals surface area contributed by atoms with Gasteiger partial charge in [0.1, 0.15) is 11.9 Å². The predicted octanol–water partition coefficient (Wildman–Crippen LogP) is 4.92. The number of ether oxygens (including phenoxy) is 1. The molecule has 1 saturated heterocycles. The van der Waals surface area contributed by atoms with Gasteiger partial charge in [0, 0.05) is 66.4 Å². The van der Waals surface area contributed by atoms with Crippen LogP contribution >= 0.6 is 10.9 Å². The van der Waals surface area contributed by atoms with Crippen molar-refractivity contribution in [2.45, 2.75) is 74.8 Å². The Morgan fingerprint density at radius 1 is 1.12 bits per heavy atom. The Balaban J connectivity index is 1.59. The van der Waals surface area contributed by atoms with Gasteiger partial charge in [0.05, 0.1) is 23.8 Å². The average molecular weight is 611 g/mol. The molecule has 4 atom stereocenters. The topological polar surface area (TPSA) is 85.2 Å². The fraction of sp³-hybridized carbons (Fsp3) is 0.500. The van der Waals surface area contributed by atoms with Crippen LogP contribution in [0.15, 0.2) is 51.4 Å². The Bertz CT molecular complexity index is 1570. The highest BCUT2D eigenvalue weighted by Crippen LogP contribution is 2.55. The maximum atomic E-state index is 14.4. The number of piperazine rings is 1. The van der Waals surface area contributed by atoms with Gasteiger partial charge in [-0.25, -0.2) is 18.6 Å². The summed E-state index contributed by atoms with van der Waals surface area (Å²) < 4.78 is 79.0. The second-order valence-electron chi connectivity index (χ2n) is 11.2. The molecule has 6 rings (SSSR count). The van der Waals surface area contributed by atoms with Crippen molar-refractivity contribution in [2.75, 3.05) is 23.7 Å². The smallest absolute Gasteiger partial charge is 0.416 e. The molecule has 1 unspecified atom stereocenters. The van der Waals surface area contributed by atoms with Crippen LogP contribution in [0.2, 0.25) is 0 Å². The summed E-state index contributed by atoms with van der Waals surface area (Å²) in [4.78, 5) is 29.1. The summed E-state index contributed by atoms with van der Waals surface area (Å²) in [6, 6.07) is 2.19. The first-order chi connectivity index (χ1) is 19.9. The Labute approximate surface area is 241 Å². The molecule has 3 aromatic rings. The maximum absolute atomic E-state index is 14.4. The number of rotatable bonds is 4. The normalized spacial score (nSPS) is 26.9. The first-order valence-corrected chi connectivity index (χ1v) is 15.3. The van der Waals surface area contributed by atoms with Crippen molar-refractivity contribution in [3.05, 3.63) is 57.8 Å². The van der Waals surface area contributed by atoms with Crippen LogP contribution in [-0.4, -0.2) is 62.5 Å². The Kier molecular flexibility index (Phi) is 7.40. The second-order valence-corrected chi connectivity index (χ2v) is 13.5. The lowest BCUT2D eigenvalue weighted by Gasteiger charge is -2.37. The number of halogens is 5. The molecule has 1 fully saturated rings. The van der Waals surface area contributed by atoms with E-state index in [1.54, 1.807) is 0 Å². The number of aromatic nitrogens is 4. The zero-order valence-corrected chi connectivity index (χ0v) is 23.9. The van der Waals surface area contributed by atoms with E-state index in [2.05, 4.69) is 20.3 Å². The minimum Gasteiger partial charge on any atom is -0.471 e. The fourth-order valence-electron chi connectivity index (χ4n) is 6.11. The van der Waals surface area contributed by atoms with Crippen LogP contribution < -0.4 is 20.6 Å². The van der Waals surface area contributed by atoms with Crippen molar-refractivity contribution < 1.29 is 26.7 Å². The Morgan fingerprint density at radius 2 is 1.88 bits per heavy atom. The monoisotopic (exact) mass is 610 g/mol. The summed E-state index contributed by atoms with van der Waals surface area (Å²) in [5.41, 5.74) is -1.12. The molecular formula is C28H31F5N6O2S. The maximum Gasteiger partial charge on any atom is 0.416 e. The summed E-state index contributed by atoms with van der Waals surface area (Å²) in [7, 11) is -1.59. The molecule has 8 nitrogen and oxygen atoms in total. The zero-order valence-electron chi connectivity index (χ0n) is 23.0. The number of allylic oxidation sites excluding steroid dienone is 2. The van der Waals surface area contributed by atoms with Crippen molar-refractivity contribution in [3.8, 4) is 5.88 Å². The van der Waals surface area contributed by atoms with Crippen molar-refractivity contribution >= 4 is 27.6 Å². The minimum absolute atomic E-state index is 0.00812. The van der Waals surface area contributed by atoms with Crippen LogP contribution in [0.3, 0.4) is 0 Å². The lowest BCUT2D eigenvalue weighted by atomic mass is 10.0. The molecule has 1 aromatic carbocycles. The van der Waals surface area contributed by atoms with Gasteiger partial charge < -0.3 is 15.0 Å². The van der Waals surface area contributed by atoms with Crippen molar-refractivity contribution in [3.63, 3.8) is 0 Å². The van der Waals surface area contributed by atoms with Crippen LogP contribution in [0.25, 0.3) is 10.9 Å². The molecule has 42 heavy (non-hydrogen) atoms. The lowest BCUT2D eigenvalue weighted by molar-refractivity contribution is -0.137. The number of anilines is 1. The van der Waals surface area contributed by atoms with Crippen LogP contribution in [0, 0.1) is 0 Å². The van der Waals surface area contributed by atoms with Gasteiger partial charge in [0.15, 0.2) is 0 Å². The standard InChI is InChI=1S/C28H31F5N6O2S/c1-16-12-38(13-17(2)36-16)25-21-9-18(28(31,32)33)10-22-24(21)39(26(40)37-25)14-19(41-23-11-34-7-8-35-23)15-42(22)20-3-5-27(29,30)6-4-20/h3,7-11,16-17,19,36,42H,4-6,12-15H2,1-2H3/t16-,17+,19-/m0/s1. The van der Waals surface area contributed by atoms with Gasteiger partial charge in [-0.2, -0.15) is 29.1 Å². The van der Waals surface area contributed by atoms with E-state index in [1.807, 2.05) is 18.7 Å². The van der Waals surface area contributed by atoms with E-state index in [0.717, 1.165) is 12.1 Å². The summed E-state index contributed by atoms with van der Waals surface area (Å²) in [6.07, 6.45) is -0.391. The van der Waals surface area contributed by atoms with E-state index in [1.165, 1.54) is 29.2 Å². The van der Waals surface area contributed by atoms with E-state index < -0.39 is 46.8 Å². The highest BCUT2D eigenvalue weighted by molar-refractivity contribution is 8.20. The summed E-state index contributed by atoms with van der Waals surface area (Å²) >= 11 is 0. The molecule has 2 aliphatic heterocycles. The van der Waals surface area contributed by atoms with Crippen LogP contribution in [0.5, 0.6) is 5.88 Å². The van der Waals surface area contributed by atoms with Gasteiger partial charge in [-0.3, -0.25) is 9.55 Å². The largest absolute Gasteiger partial charge is 0.471 e. The van der Waals surface area contributed by atoms with E-state index in [0.29, 0.717) is 28.4 Å². The highest BCUT2D eigenvalue weighted by Gasteiger charge is 2.39. The number of nitrogens with one attached hydrogen (secondary N) is 1. The molecular weight excluding hydrogens is 579 g/mol. The summed E-state index contributed by atoms with van der Waals surface area (Å²) in [5.74, 6) is -2.25. The van der Waals surface area contributed by atoms with Gasteiger partial charge in [0.2, 0.25) is 5.88 Å². The van der Waals surface area contributed by atoms with Crippen LogP contribution in [0.1, 0.15) is 38.7 Å². The lowest BCUT2D eigenvalue weighted by Crippen LogP contribution is -2.55. The molecule has 3 aliphatic rings. The highest BCUT2D eigenvalue weighted by atomic mass is 32.2. The van der Waals surface area contributed by atoms with Gasteiger partial charge in [-0.05, 0) is 37.3 Å². The number of nitrogens with zero attached hydrogens (tertiary/aromatic N) is 5. The van der Waals surface area contributed by atoms with E-state index in [-0.39, 0.29) is 54.3 Å². The van der Waals surface area contributed by atoms with E-state index >= 15 is 0 Å². The molecule has 226 valence electrons. The molecule has 0 saturated carbocycles. The van der Waals surface area contributed by atoms with Gasteiger partial charge >= 0.3 is 11.9 Å². The molecule has 0 radical (unpaired) electrons. The number of thiol groups is 1. The van der Waals surface area contributed by atoms with Crippen molar-refractivity contribution in [2.24, 2.45) is 0 Å². The molecule has 4 heterocycles. The van der Waals surface area contributed by atoms with Gasteiger partial charge in [-0.1, -0.05) is 6.08 Å². The minimum atomic E-state index is -4.68. The molecule has 1 N–H and O–H groups in total. The van der Waals surface area contributed by atoms with Gasteiger partial charge in [-0.15, -0.1) is 0 Å². The van der Waals surface area contributed by atoms with Crippen molar-refractivity contribution in [1.29, 1.82) is 0 Å². The number of hydrogen-bond donors (Lipinski definition) is 2. The second kappa shape index (κ2) is 10.8. The predicted molar refractivity (Wildman–Crippen MR) is 151 cm³/mol. The fourth-order valence-corrected chi connectivity index (χ4v) is 8.94. The molecule has 0 bridgehead atoms. The number of hydrogen-bond acceptors (Lipinski definition) is 7. The average Bonchev–Trinajstić information content (AvgIpc) is 3.08. The molecule has 2 aromatic heterocycles. The molecule has 0 spiro atoms. The first-order valence-electron chi connectivity index (χ1n) is 13.8. The third-order valence-corrected chi connectivity index (χ3v) is 10.6. The number of alkyl halides is 5. The molecule has 0 amide bonds. The van der Waals surface area contributed by atoms with E-state index in [4.69, 9.17) is 4.74 Å². The van der Waals surface area contributed by atoms with E-state index in [9.17, 15) is 26.7 Å². The third-order valence-electron chi connectivity index (χ3n) is 7.84. The summed E-state index contributed by atoms with van der Waals surface area (Å²) in [5, 5.41) is 3.61. The van der Waals surface area contributed by atoms with Gasteiger partial charge in [0.25, 0.3) is 5.92 Å². The number of benzene rings is 1. The van der Waals surface area contributed by atoms with Crippen LogP contribution in [-0.2, 0) is 12.7 Å². The zero-order chi connectivity index (χ0) is 29.8. The molecule has 14 heteroatoms. The first kappa shape index (κ1) is 28.8. The Hall–Kier alpha value is -3.26. The van der Waals surface area contributed by atoms with Crippen LogP contribution in [0.4, 0.5) is 27.8 Å². The third kappa shape index (κ3) is 5.70. The molecule has 1 aliphatic carbocycles. The van der Waals surface area contributed by atoms with Crippen molar-refractivity contribution in [1.82, 2.24) is 24.8 Å². The summed E-state index contributed by atoms with van der Waals surface area (Å²) in [6.45, 7) is 4.84. The quantitative estimate of drug-likeness (QED) is 0.321. The Morgan fingerprint density at radius 3 is 2.52 bits per heavy atom. The SMILES string of the molecule is C[C@@H]1CN(c2nc(=O)n3c4c(cc(C(F)(F)F)cc24)[SH](C2=CCC(F)(F)CC2)C[C@@H](Oc2cnccn2)C3)C[C@H](C)N1.